The molecule has 0 bridgehead atoms. The van der Waals surface area contributed by atoms with Crippen LogP contribution in [0.4, 0.5) is 0 Å². The predicted octanol–water partition coefficient (Wildman–Crippen LogP) is 0.838. The van der Waals surface area contributed by atoms with Gasteiger partial charge in [-0.2, -0.15) is 5.10 Å². The largest absolute Gasteiger partial charge is 0.260 e. The molecule has 42 valence electrons. The lowest BCUT2D eigenvalue weighted by atomic mass is 10.5. The SMILES string of the molecule is C/C=C/c1ncn[nH]1. The highest BCUT2D eigenvalue weighted by molar-refractivity contribution is 5.37. The van der Waals surface area contributed by atoms with Crippen molar-refractivity contribution in [3.8, 4) is 0 Å². The van der Waals surface area contributed by atoms with Crippen LogP contribution in [0.15, 0.2) is 12.4 Å². The Balaban J connectivity index is 2.77. The summed E-state index contributed by atoms with van der Waals surface area (Å²) < 4.78 is 0. The van der Waals surface area contributed by atoms with Gasteiger partial charge in [0.25, 0.3) is 0 Å². The van der Waals surface area contributed by atoms with Gasteiger partial charge < -0.3 is 0 Å². The van der Waals surface area contributed by atoms with Crippen molar-refractivity contribution in [2.24, 2.45) is 0 Å². The van der Waals surface area contributed by atoms with Crippen LogP contribution in [0.2, 0.25) is 0 Å². The van der Waals surface area contributed by atoms with Crippen molar-refractivity contribution in [1.82, 2.24) is 15.2 Å². The second-order valence-electron chi connectivity index (χ2n) is 1.37. The Hall–Kier alpha value is -1.12. The van der Waals surface area contributed by atoms with Gasteiger partial charge in [0, 0.05) is 0 Å². The highest BCUT2D eigenvalue weighted by Gasteiger charge is 1.81. The number of aromatic nitrogens is 3. The maximum atomic E-state index is 3.85. The second kappa shape index (κ2) is 2.26. The highest BCUT2D eigenvalue weighted by atomic mass is 15.2. The van der Waals surface area contributed by atoms with Crippen LogP contribution in [-0.4, -0.2) is 15.2 Å². The summed E-state index contributed by atoms with van der Waals surface area (Å²) in [4.78, 5) is 3.85. The maximum absolute atomic E-state index is 3.85. The van der Waals surface area contributed by atoms with Gasteiger partial charge in [-0.1, -0.05) is 6.08 Å². The normalized spacial score (nSPS) is 10.6. The van der Waals surface area contributed by atoms with E-state index < -0.39 is 0 Å². The molecule has 0 aliphatic carbocycles. The van der Waals surface area contributed by atoms with E-state index in [-0.39, 0.29) is 0 Å². The number of nitrogens with zero attached hydrogens (tertiary/aromatic N) is 2. The van der Waals surface area contributed by atoms with Crippen molar-refractivity contribution in [1.29, 1.82) is 0 Å². The second-order valence-corrected chi connectivity index (χ2v) is 1.37. The minimum Gasteiger partial charge on any atom is -0.260 e. The quantitative estimate of drug-likeness (QED) is 0.580. The van der Waals surface area contributed by atoms with Crippen LogP contribution >= 0.6 is 0 Å². The first-order chi connectivity index (χ1) is 3.93. The number of hydrogen-bond acceptors (Lipinski definition) is 2. The van der Waals surface area contributed by atoms with Crippen LogP contribution in [0.1, 0.15) is 12.7 Å². The Bertz CT molecular complexity index is 164. The van der Waals surface area contributed by atoms with Crippen LogP contribution in [0.25, 0.3) is 6.08 Å². The van der Waals surface area contributed by atoms with Crippen molar-refractivity contribution in [3.05, 3.63) is 18.2 Å². The number of allylic oxidation sites excluding steroid dienone is 1. The third-order valence-corrected chi connectivity index (χ3v) is 0.758. The summed E-state index contributed by atoms with van der Waals surface area (Å²) >= 11 is 0. The van der Waals surface area contributed by atoms with Gasteiger partial charge in [-0.3, -0.25) is 5.10 Å². The molecular formula is C5H7N3. The zero-order chi connectivity index (χ0) is 5.82. The van der Waals surface area contributed by atoms with E-state index in [4.69, 9.17) is 0 Å². The predicted molar refractivity (Wildman–Crippen MR) is 31.1 cm³/mol. The molecule has 1 aromatic rings. The zero-order valence-electron chi connectivity index (χ0n) is 4.63. The van der Waals surface area contributed by atoms with Crippen LogP contribution in [0, 0.1) is 0 Å². The smallest absolute Gasteiger partial charge is 0.147 e. The average Bonchev–Trinajstić information content (AvgIpc) is 2.19. The van der Waals surface area contributed by atoms with E-state index in [2.05, 4.69) is 15.2 Å². The van der Waals surface area contributed by atoms with Crippen LogP contribution in [-0.2, 0) is 0 Å². The molecule has 1 N–H and O–H groups in total. The monoisotopic (exact) mass is 109 g/mol. The Labute approximate surface area is 47.5 Å². The minimum atomic E-state index is 0.799. The summed E-state index contributed by atoms with van der Waals surface area (Å²) in [5, 5.41) is 6.34. The van der Waals surface area contributed by atoms with Gasteiger partial charge in [0.2, 0.25) is 0 Å². The number of aromatic amines is 1. The molecule has 1 heterocycles. The minimum absolute atomic E-state index is 0.799. The molecular weight excluding hydrogens is 102 g/mol. The first kappa shape index (κ1) is 5.03. The van der Waals surface area contributed by atoms with Crippen LogP contribution < -0.4 is 0 Å². The first-order valence-corrected chi connectivity index (χ1v) is 2.41. The number of nitrogens with one attached hydrogen (secondary N) is 1. The van der Waals surface area contributed by atoms with Crippen molar-refractivity contribution in [3.63, 3.8) is 0 Å². The molecule has 0 saturated carbocycles. The van der Waals surface area contributed by atoms with Gasteiger partial charge in [-0.15, -0.1) is 0 Å². The molecule has 0 aliphatic heterocycles. The van der Waals surface area contributed by atoms with Crippen molar-refractivity contribution in [2.75, 3.05) is 0 Å². The fourth-order valence-electron chi connectivity index (χ4n) is 0.453. The topological polar surface area (TPSA) is 41.6 Å². The molecule has 0 radical (unpaired) electrons. The molecule has 3 nitrogen and oxygen atoms in total. The molecule has 0 fully saturated rings. The fourth-order valence-corrected chi connectivity index (χ4v) is 0.453. The van der Waals surface area contributed by atoms with E-state index in [9.17, 15) is 0 Å². The zero-order valence-corrected chi connectivity index (χ0v) is 4.63. The van der Waals surface area contributed by atoms with Gasteiger partial charge in [0.05, 0.1) is 0 Å². The first-order valence-electron chi connectivity index (χ1n) is 2.41. The lowest BCUT2D eigenvalue weighted by Gasteiger charge is -1.74. The van der Waals surface area contributed by atoms with Gasteiger partial charge >= 0.3 is 0 Å². The van der Waals surface area contributed by atoms with E-state index >= 15 is 0 Å². The molecule has 1 aromatic heterocycles. The van der Waals surface area contributed by atoms with Crippen molar-refractivity contribution < 1.29 is 0 Å². The molecule has 1 rings (SSSR count). The summed E-state index contributed by atoms with van der Waals surface area (Å²) in [6, 6.07) is 0. The highest BCUT2D eigenvalue weighted by Crippen LogP contribution is 1.86. The average molecular weight is 109 g/mol. The number of rotatable bonds is 1. The third-order valence-electron chi connectivity index (χ3n) is 0.758. The molecule has 0 atom stereocenters. The molecule has 8 heavy (non-hydrogen) atoms. The van der Waals surface area contributed by atoms with Crippen LogP contribution in [0.5, 0.6) is 0 Å². The van der Waals surface area contributed by atoms with Gasteiger partial charge in [-0.05, 0) is 13.0 Å². The van der Waals surface area contributed by atoms with E-state index in [1.165, 1.54) is 6.33 Å². The summed E-state index contributed by atoms with van der Waals surface area (Å²) in [6.07, 6.45) is 5.24. The van der Waals surface area contributed by atoms with Gasteiger partial charge in [0.15, 0.2) is 0 Å². The van der Waals surface area contributed by atoms with E-state index in [0.717, 1.165) is 5.82 Å². The van der Waals surface area contributed by atoms with Crippen molar-refractivity contribution in [2.45, 2.75) is 6.92 Å². The Morgan fingerprint density at radius 1 is 1.75 bits per heavy atom. The lowest BCUT2D eigenvalue weighted by molar-refractivity contribution is 1.08. The molecule has 0 aromatic carbocycles. The van der Waals surface area contributed by atoms with E-state index in [1.54, 1.807) is 0 Å². The maximum Gasteiger partial charge on any atom is 0.147 e. The molecule has 0 unspecified atom stereocenters. The summed E-state index contributed by atoms with van der Waals surface area (Å²) in [5.41, 5.74) is 0. The standard InChI is InChI=1S/C5H7N3/c1-2-3-5-6-4-7-8-5/h2-4H,1H3,(H,6,7,8)/b3-2+. The molecule has 3 heteroatoms. The molecule has 0 amide bonds. The summed E-state index contributed by atoms with van der Waals surface area (Å²) in [7, 11) is 0. The third kappa shape index (κ3) is 0.932. The summed E-state index contributed by atoms with van der Waals surface area (Å²) in [5.74, 6) is 0.799. The van der Waals surface area contributed by atoms with Crippen LogP contribution in [0.3, 0.4) is 0 Å². The number of hydrogen-bond donors (Lipinski definition) is 1. The molecule has 0 aliphatic rings. The molecule has 0 saturated heterocycles. The lowest BCUT2D eigenvalue weighted by Crippen LogP contribution is -1.71. The molecule has 0 spiro atoms. The van der Waals surface area contributed by atoms with E-state index in [1.807, 2.05) is 19.1 Å². The van der Waals surface area contributed by atoms with Gasteiger partial charge in [0.1, 0.15) is 12.2 Å². The summed E-state index contributed by atoms with van der Waals surface area (Å²) in [6.45, 7) is 1.93. The Morgan fingerprint density at radius 3 is 3.12 bits per heavy atom. The van der Waals surface area contributed by atoms with Crippen molar-refractivity contribution >= 4 is 6.08 Å². The Morgan fingerprint density at radius 2 is 2.62 bits per heavy atom. The van der Waals surface area contributed by atoms with Gasteiger partial charge in [-0.25, -0.2) is 4.98 Å². The fraction of sp³-hybridized carbons (Fsp3) is 0.200. The number of H-pyrrole nitrogens is 1. The van der Waals surface area contributed by atoms with E-state index in [0.29, 0.717) is 0 Å². The Kier molecular flexibility index (Phi) is 1.42.